The van der Waals surface area contributed by atoms with Crippen molar-refractivity contribution in [3.63, 3.8) is 0 Å². The maximum absolute atomic E-state index is 12.5. The van der Waals surface area contributed by atoms with Crippen LogP contribution in [0.2, 0.25) is 0 Å². The van der Waals surface area contributed by atoms with Gasteiger partial charge in [0.15, 0.2) is 0 Å². The molecule has 3 fully saturated rings. The van der Waals surface area contributed by atoms with Gasteiger partial charge in [0.2, 0.25) is 5.91 Å². The molecule has 0 aromatic heterocycles. The van der Waals surface area contributed by atoms with Crippen molar-refractivity contribution >= 4 is 5.91 Å². The number of aliphatic hydroxyl groups excluding tert-OH is 1. The highest BCUT2D eigenvalue weighted by Gasteiger charge is 2.47. The van der Waals surface area contributed by atoms with E-state index in [1.807, 2.05) is 0 Å². The van der Waals surface area contributed by atoms with Crippen molar-refractivity contribution in [1.82, 2.24) is 4.90 Å². The maximum atomic E-state index is 12.5. The van der Waals surface area contributed by atoms with Crippen LogP contribution in [0.1, 0.15) is 38.5 Å². The van der Waals surface area contributed by atoms with Gasteiger partial charge in [-0.1, -0.05) is 0 Å². The summed E-state index contributed by atoms with van der Waals surface area (Å²) < 4.78 is 0. The van der Waals surface area contributed by atoms with Crippen molar-refractivity contribution < 1.29 is 9.90 Å². The summed E-state index contributed by atoms with van der Waals surface area (Å²) in [5, 5.41) is 9.12. The Morgan fingerprint density at radius 3 is 2.00 bits per heavy atom. The quantitative estimate of drug-likeness (QED) is 0.807. The minimum absolute atomic E-state index is 0.288. The Morgan fingerprint density at radius 2 is 1.59 bits per heavy atom. The first kappa shape index (κ1) is 11.5. The zero-order valence-corrected chi connectivity index (χ0v) is 10.5. The average molecular weight is 237 g/mol. The van der Waals surface area contributed by atoms with Crippen LogP contribution >= 0.6 is 0 Å². The lowest BCUT2D eigenvalue weighted by atomic mass is 9.92. The normalized spacial score (nSPS) is 26.6. The number of piperidine rings is 1. The van der Waals surface area contributed by atoms with E-state index in [4.69, 9.17) is 5.11 Å². The number of aliphatic hydroxyl groups is 1. The molecule has 0 bridgehead atoms. The van der Waals surface area contributed by atoms with Crippen LogP contribution in [-0.2, 0) is 4.79 Å². The van der Waals surface area contributed by atoms with E-state index in [1.165, 1.54) is 25.7 Å². The largest absolute Gasteiger partial charge is 0.396 e. The van der Waals surface area contributed by atoms with E-state index in [2.05, 4.69) is 4.90 Å². The second-order valence-corrected chi connectivity index (χ2v) is 6.15. The lowest BCUT2D eigenvalue weighted by Gasteiger charge is -2.33. The molecule has 2 saturated carbocycles. The number of hydrogen-bond donors (Lipinski definition) is 1. The van der Waals surface area contributed by atoms with Gasteiger partial charge in [0.25, 0.3) is 0 Å². The fraction of sp³-hybridized carbons (Fsp3) is 0.929. The summed E-state index contributed by atoms with van der Waals surface area (Å²) in [6, 6.07) is 0. The molecule has 3 nitrogen and oxygen atoms in total. The first-order valence-corrected chi connectivity index (χ1v) is 7.19. The van der Waals surface area contributed by atoms with Crippen molar-refractivity contribution in [3.8, 4) is 0 Å². The van der Waals surface area contributed by atoms with Crippen LogP contribution in [0.5, 0.6) is 0 Å². The fourth-order valence-electron chi connectivity index (χ4n) is 3.25. The van der Waals surface area contributed by atoms with Gasteiger partial charge in [-0.25, -0.2) is 0 Å². The Balaban J connectivity index is 1.57. The molecule has 0 atom stereocenters. The van der Waals surface area contributed by atoms with Crippen molar-refractivity contribution in [1.29, 1.82) is 0 Å². The summed E-state index contributed by atoms with van der Waals surface area (Å²) >= 11 is 0. The number of amides is 1. The molecule has 3 aliphatic rings. The van der Waals surface area contributed by atoms with Crippen LogP contribution in [0.4, 0.5) is 0 Å². The smallest absolute Gasteiger partial charge is 0.226 e. The van der Waals surface area contributed by atoms with Crippen molar-refractivity contribution in [2.24, 2.45) is 23.7 Å². The second-order valence-electron chi connectivity index (χ2n) is 6.15. The van der Waals surface area contributed by atoms with E-state index in [9.17, 15) is 4.79 Å². The fourth-order valence-corrected chi connectivity index (χ4v) is 3.25. The molecule has 3 heteroatoms. The first-order valence-electron chi connectivity index (χ1n) is 7.19. The number of carbonyl (C=O) groups is 1. The zero-order valence-electron chi connectivity index (χ0n) is 10.5. The monoisotopic (exact) mass is 237 g/mol. The highest BCUT2D eigenvalue weighted by molar-refractivity contribution is 5.80. The molecular formula is C14H23NO2. The second kappa shape index (κ2) is 4.60. The van der Waals surface area contributed by atoms with Crippen LogP contribution in [-0.4, -0.2) is 35.6 Å². The minimum atomic E-state index is 0.288. The lowest BCUT2D eigenvalue weighted by Crippen LogP contribution is -2.43. The summed E-state index contributed by atoms with van der Waals surface area (Å²) in [4.78, 5) is 14.6. The third-order valence-electron chi connectivity index (χ3n) is 4.73. The highest BCUT2D eigenvalue weighted by atomic mass is 16.3. The van der Waals surface area contributed by atoms with Crippen molar-refractivity contribution in [2.45, 2.75) is 38.5 Å². The lowest BCUT2D eigenvalue weighted by molar-refractivity contribution is -0.138. The Labute approximate surface area is 103 Å². The average Bonchev–Trinajstić information content (AvgIpc) is 3.23. The first-order chi connectivity index (χ1) is 8.29. The van der Waals surface area contributed by atoms with Crippen molar-refractivity contribution in [2.75, 3.05) is 19.7 Å². The number of hydrogen-bond acceptors (Lipinski definition) is 2. The van der Waals surface area contributed by atoms with Crippen LogP contribution < -0.4 is 0 Å². The maximum Gasteiger partial charge on any atom is 0.226 e. The third kappa shape index (κ3) is 2.49. The van der Waals surface area contributed by atoms with Gasteiger partial charge in [-0.05, 0) is 56.3 Å². The molecule has 0 aromatic rings. The van der Waals surface area contributed by atoms with Gasteiger partial charge in [-0.3, -0.25) is 4.79 Å². The Kier molecular flexibility index (Phi) is 3.12. The van der Waals surface area contributed by atoms with Gasteiger partial charge < -0.3 is 10.0 Å². The predicted octanol–water partition coefficient (Wildman–Crippen LogP) is 1.65. The van der Waals surface area contributed by atoms with E-state index in [0.717, 1.165) is 25.9 Å². The van der Waals surface area contributed by atoms with Gasteiger partial charge in [0, 0.05) is 25.6 Å². The van der Waals surface area contributed by atoms with Crippen LogP contribution in [0.3, 0.4) is 0 Å². The van der Waals surface area contributed by atoms with Gasteiger partial charge in [-0.15, -0.1) is 0 Å². The predicted molar refractivity (Wildman–Crippen MR) is 65.3 cm³/mol. The van der Waals surface area contributed by atoms with Crippen molar-refractivity contribution in [3.05, 3.63) is 0 Å². The summed E-state index contributed by atoms with van der Waals surface area (Å²) in [5.74, 6) is 2.66. The third-order valence-corrected chi connectivity index (χ3v) is 4.73. The number of nitrogens with zero attached hydrogens (tertiary/aromatic N) is 1. The number of likely N-dealkylation sites (tertiary alicyclic amines) is 1. The molecule has 96 valence electrons. The van der Waals surface area contributed by atoms with Crippen LogP contribution in [0, 0.1) is 23.7 Å². The molecule has 0 aromatic carbocycles. The van der Waals surface area contributed by atoms with Gasteiger partial charge in [0.1, 0.15) is 0 Å². The van der Waals surface area contributed by atoms with Crippen LogP contribution in [0.15, 0.2) is 0 Å². The molecule has 0 unspecified atom stereocenters. The Morgan fingerprint density at radius 1 is 1.06 bits per heavy atom. The van der Waals surface area contributed by atoms with Crippen LogP contribution in [0.25, 0.3) is 0 Å². The molecule has 17 heavy (non-hydrogen) atoms. The van der Waals surface area contributed by atoms with E-state index in [0.29, 0.717) is 29.6 Å². The molecule has 2 aliphatic carbocycles. The summed E-state index contributed by atoms with van der Waals surface area (Å²) in [5.41, 5.74) is 0. The standard InChI is InChI=1S/C14H23NO2/c16-9-10-5-7-15(8-6-10)14(17)13(11-1-2-11)12-3-4-12/h10-13,16H,1-9H2. The van der Waals surface area contributed by atoms with E-state index < -0.39 is 0 Å². The van der Waals surface area contributed by atoms with Gasteiger partial charge in [0.05, 0.1) is 0 Å². The minimum Gasteiger partial charge on any atom is -0.396 e. The van der Waals surface area contributed by atoms with Gasteiger partial charge in [-0.2, -0.15) is 0 Å². The number of carbonyl (C=O) groups excluding carboxylic acids is 1. The van der Waals surface area contributed by atoms with E-state index >= 15 is 0 Å². The zero-order chi connectivity index (χ0) is 11.8. The van der Waals surface area contributed by atoms with E-state index in [1.54, 1.807) is 0 Å². The molecule has 3 rings (SSSR count). The summed E-state index contributed by atoms with van der Waals surface area (Å²) in [7, 11) is 0. The Hall–Kier alpha value is -0.570. The number of rotatable bonds is 4. The molecule has 1 amide bonds. The molecule has 0 spiro atoms. The highest BCUT2D eigenvalue weighted by Crippen LogP contribution is 2.50. The molecule has 0 radical (unpaired) electrons. The summed E-state index contributed by atoms with van der Waals surface area (Å²) in [6.07, 6.45) is 7.09. The molecule has 1 heterocycles. The molecular weight excluding hydrogens is 214 g/mol. The molecule has 1 N–H and O–H groups in total. The Bertz CT molecular complexity index is 277. The molecule has 1 saturated heterocycles. The van der Waals surface area contributed by atoms with E-state index in [-0.39, 0.29) is 6.61 Å². The SMILES string of the molecule is O=C(C(C1CC1)C1CC1)N1CCC(CO)CC1. The van der Waals surface area contributed by atoms with Gasteiger partial charge >= 0.3 is 0 Å². The molecule has 1 aliphatic heterocycles. The topological polar surface area (TPSA) is 40.5 Å². The summed E-state index contributed by atoms with van der Waals surface area (Å²) in [6.45, 7) is 2.04.